The highest BCUT2D eigenvalue weighted by molar-refractivity contribution is 5.97. The third-order valence-corrected chi connectivity index (χ3v) is 8.79. The maximum Gasteiger partial charge on any atom is 0.195 e. The molecular weight excluding hydrogens is 757 g/mol. The molecule has 0 saturated carbocycles. The van der Waals surface area contributed by atoms with E-state index in [0.717, 1.165) is 25.7 Å². The summed E-state index contributed by atoms with van der Waals surface area (Å²) >= 11 is 0. The molecule has 0 amide bonds. The minimum atomic E-state index is 0.270. The van der Waals surface area contributed by atoms with Crippen LogP contribution in [-0.2, 0) is 33.2 Å². The Morgan fingerprint density at radius 1 is 0.288 bits per heavy atom. The highest BCUT2D eigenvalue weighted by Crippen LogP contribution is 2.09. The molecule has 0 aromatic heterocycles. The molecule has 0 aliphatic rings. The normalized spacial score (nSPS) is 12.8. The molecule has 0 aromatic carbocycles. The van der Waals surface area contributed by atoms with E-state index in [2.05, 4.69) is 44.5 Å². The van der Waals surface area contributed by atoms with Crippen LogP contribution in [-0.4, -0.2) is 143 Å². The lowest BCUT2D eigenvalue weighted by molar-refractivity contribution is -0.0205. The number of nitrogens with one attached hydrogen (secondary N) is 2. The summed E-state index contributed by atoms with van der Waals surface area (Å²) in [7, 11) is 0. The van der Waals surface area contributed by atoms with Crippen molar-refractivity contribution in [1.29, 1.82) is 0 Å². The van der Waals surface area contributed by atoms with Crippen molar-refractivity contribution < 1.29 is 33.2 Å². The average molecular weight is 845 g/mol. The number of hydrogen-bond acceptors (Lipinski definition) is 11. The Morgan fingerprint density at radius 3 is 0.746 bits per heavy atom. The molecule has 10 N–H and O–H groups in total. The summed E-state index contributed by atoms with van der Waals surface area (Å²) in [6.07, 6.45) is 21.7. The molecule has 0 saturated heterocycles. The summed E-state index contributed by atoms with van der Waals surface area (Å²) in [6.45, 7) is 14.1. The number of ether oxygens (including phenoxy) is 7. The van der Waals surface area contributed by atoms with Crippen molar-refractivity contribution in [2.75, 3.05) is 119 Å². The van der Waals surface area contributed by atoms with E-state index in [1.807, 2.05) is 0 Å². The predicted octanol–water partition coefficient (Wildman–Crippen LogP) is 4.60. The number of nitrogens with zero attached hydrogens (tertiary/aromatic N) is 4. The van der Waals surface area contributed by atoms with Crippen molar-refractivity contribution in [2.24, 2.45) is 42.9 Å². The van der Waals surface area contributed by atoms with Crippen LogP contribution >= 0.6 is 0 Å². The highest BCUT2D eigenvalue weighted by atomic mass is 16.6. The Hall–Kier alpha value is -2.80. The van der Waals surface area contributed by atoms with Gasteiger partial charge in [-0.25, -0.2) is 0 Å². The van der Waals surface area contributed by atoms with E-state index in [1.54, 1.807) is 0 Å². The van der Waals surface area contributed by atoms with Gasteiger partial charge in [0, 0.05) is 39.4 Å². The van der Waals surface area contributed by atoms with Gasteiger partial charge in [0.05, 0.1) is 79.3 Å². The Balaban J connectivity index is 3.38. The lowest BCUT2D eigenvalue weighted by Crippen LogP contribution is -2.41. The van der Waals surface area contributed by atoms with Gasteiger partial charge < -0.3 is 56.1 Å². The number of guanidine groups is 4. The molecule has 0 spiro atoms. The van der Waals surface area contributed by atoms with Crippen LogP contribution in [0, 0.1) is 0 Å². The first-order chi connectivity index (χ1) is 29.0. The molecule has 0 aliphatic heterocycles. The molecule has 17 heteroatoms. The maximum absolute atomic E-state index is 5.90. The second kappa shape index (κ2) is 47.9. The van der Waals surface area contributed by atoms with Crippen LogP contribution in [0.25, 0.3) is 0 Å². The van der Waals surface area contributed by atoms with Crippen LogP contribution in [0.4, 0.5) is 0 Å². The summed E-state index contributed by atoms with van der Waals surface area (Å²) in [5.74, 6) is 1.16. The Kier molecular flexibility index (Phi) is 45.6. The highest BCUT2D eigenvalue weighted by Gasteiger charge is 2.00. The van der Waals surface area contributed by atoms with Crippen molar-refractivity contribution in [3.63, 3.8) is 0 Å². The van der Waals surface area contributed by atoms with E-state index < -0.39 is 0 Å². The fourth-order valence-electron chi connectivity index (χ4n) is 5.46. The molecule has 0 aromatic rings. The third-order valence-electron chi connectivity index (χ3n) is 8.79. The van der Waals surface area contributed by atoms with E-state index in [1.165, 1.54) is 89.9 Å². The van der Waals surface area contributed by atoms with Gasteiger partial charge in [-0.2, -0.15) is 0 Å². The minimum Gasteiger partial charge on any atom is -0.379 e. The molecule has 0 atom stereocenters. The van der Waals surface area contributed by atoms with Gasteiger partial charge in [-0.15, -0.1) is 0 Å². The lowest BCUT2D eigenvalue weighted by atomic mass is 10.1. The van der Waals surface area contributed by atoms with Crippen LogP contribution in [0.1, 0.15) is 129 Å². The van der Waals surface area contributed by atoms with Gasteiger partial charge in [-0.3, -0.25) is 30.6 Å². The van der Waals surface area contributed by atoms with Crippen molar-refractivity contribution >= 4 is 23.8 Å². The van der Waals surface area contributed by atoms with Crippen LogP contribution in [0.5, 0.6) is 0 Å². The van der Waals surface area contributed by atoms with E-state index in [9.17, 15) is 0 Å². The van der Waals surface area contributed by atoms with Crippen LogP contribution in [0.3, 0.4) is 0 Å². The monoisotopic (exact) mass is 845 g/mol. The summed E-state index contributed by atoms with van der Waals surface area (Å²) in [5, 5.41) is 5.68. The molecule has 17 nitrogen and oxygen atoms in total. The molecule has 0 radical (unpaired) electrons. The molecule has 0 unspecified atom stereocenters. The summed E-state index contributed by atoms with van der Waals surface area (Å²) < 4.78 is 38.8. The first-order valence-electron chi connectivity index (χ1n) is 22.8. The molecule has 0 fully saturated rings. The molecule has 0 heterocycles. The zero-order valence-corrected chi connectivity index (χ0v) is 37.4. The van der Waals surface area contributed by atoms with E-state index in [4.69, 9.17) is 56.1 Å². The largest absolute Gasteiger partial charge is 0.379 e. The Morgan fingerprint density at radius 2 is 0.492 bits per heavy atom. The van der Waals surface area contributed by atoms with Crippen LogP contribution < -0.4 is 33.6 Å². The smallest absolute Gasteiger partial charge is 0.195 e. The minimum absolute atomic E-state index is 0.270. The van der Waals surface area contributed by atoms with Crippen molar-refractivity contribution in [3.05, 3.63) is 0 Å². The second-order valence-electron chi connectivity index (χ2n) is 14.3. The first-order valence-corrected chi connectivity index (χ1v) is 22.8. The summed E-state index contributed by atoms with van der Waals surface area (Å²) in [5.41, 5.74) is 23.6. The number of unbranched alkanes of at least 4 members (excludes halogenated alkanes) is 14. The van der Waals surface area contributed by atoms with Gasteiger partial charge in [0.2, 0.25) is 0 Å². The van der Waals surface area contributed by atoms with Gasteiger partial charge in [0.25, 0.3) is 0 Å². The lowest BCUT2D eigenvalue weighted by Gasteiger charge is -2.08. The van der Waals surface area contributed by atoms with E-state index in [0.29, 0.717) is 131 Å². The maximum atomic E-state index is 5.90. The van der Waals surface area contributed by atoms with Gasteiger partial charge >= 0.3 is 0 Å². The average Bonchev–Trinajstić information content (AvgIpc) is 3.22. The Bertz CT molecular complexity index is 933. The van der Waals surface area contributed by atoms with Crippen molar-refractivity contribution in [2.45, 2.75) is 129 Å². The zero-order chi connectivity index (χ0) is 43.0. The third kappa shape index (κ3) is 47.7. The molecule has 0 bridgehead atoms. The molecule has 348 valence electrons. The number of hydrogen-bond donors (Lipinski definition) is 6. The van der Waals surface area contributed by atoms with E-state index >= 15 is 0 Å². The van der Waals surface area contributed by atoms with Crippen LogP contribution in [0.2, 0.25) is 0 Å². The zero-order valence-electron chi connectivity index (χ0n) is 37.4. The standard InChI is InChI=1S/C42H88N10O7/c1-3-5-7-9-11-13-15-17-21-47-39(43)51-41(45)49-23-19-25-53-27-29-55-31-33-57-35-37-59-38-36-58-34-32-56-30-28-54-26-20-24-50-42(46)52-40(44)48-22-18-16-14-12-10-8-6-4-2/h3-38H2,1-2H3,(H5,43,45,47,49,51)(H5,44,46,48,50,52). The van der Waals surface area contributed by atoms with Crippen LogP contribution in [0.15, 0.2) is 20.0 Å². The second-order valence-corrected chi connectivity index (χ2v) is 14.3. The van der Waals surface area contributed by atoms with Crippen molar-refractivity contribution in [3.8, 4) is 0 Å². The molecular formula is C42H88N10O7. The predicted molar refractivity (Wildman–Crippen MR) is 242 cm³/mol. The fraction of sp³-hybridized carbons (Fsp3) is 0.905. The number of aliphatic imine (C=N–C) groups is 4. The summed E-state index contributed by atoms with van der Waals surface area (Å²) in [4.78, 5) is 17.2. The van der Waals surface area contributed by atoms with Gasteiger partial charge in [-0.05, 0) is 25.7 Å². The number of rotatable bonds is 44. The van der Waals surface area contributed by atoms with Crippen molar-refractivity contribution in [1.82, 2.24) is 10.6 Å². The van der Waals surface area contributed by atoms with Gasteiger partial charge in [0.15, 0.2) is 23.8 Å². The van der Waals surface area contributed by atoms with Gasteiger partial charge in [-0.1, -0.05) is 104 Å². The molecule has 0 aliphatic carbocycles. The Labute approximate surface area is 358 Å². The summed E-state index contributed by atoms with van der Waals surface area (Å²) in [6, 6.07) is 0. The SMILES string of the molecule is CCCCCCCCCCN=C(N)NC(N)=NCCCOCCOCCOCCOCCOCCOCCOCCCN=C(N)NC(N)=NCCCCCCCCCC. The van der Waals surface area contributed by atoms with E-state index in [-0.39, 0.29) is 11.9 Å². The molecule has 0 rings (SSSR count). The number of nitrogens with two attached hydrogens (primary N) is 4. The van der Waals surface area contributed by atoms with Gasteiger partial charge in [0.1, 0.15) is 0 Å². The quantitative estimate of drug-likeness (QED) is 0.0280. The fourth-order valence-corrected chi connectivity index (χ4v) is 5.46. The molecule has 59 heavy (non-hydrogen) atoms. The topological polar surface area (TPSA) is 242 Å². The first kappa shape index (κ1) is 56.2.